The molecular weight excluding hydrogens is 242 g/mol. The number of hydrogen-bond donors (Lipinski definition) is 1. The Bertz CT molecular complexity index is 413. The summed E-state index contributed by atoms with van der Waals surface area (Å²) >= 11 is 0. The number of rotatable bonds is 8. The monoisotopic (exact) mass is 267 g/mol. The smallest absolute Gasteiger partial charge is 0.184 e. The molecule has 0 spiro atoms. The van der Waals surface area contributed by atoms with Crippen molar-refractivity contribution >= 4 is 5.78 Å². The number of methoxy groups -OCH3 is 1. The van der Waals surface area contributed by atoms with E-state index in [2.05, 4.69) is 18.9 Å². The first-order valence-electron chi connectivity index (χ1n) is 6.80. The molecule has 1 heterocycles. The molecule has 1 aromatic heterocycles. The molecule has 0 aliphatic carbocycles. The maximum Gasteiger partial charge on any atom is 0.184 e. The molecule has 1 aromatic rings. The van der Waals surface area contributed by atoms with E-state index < -0.39 is 0 Å². The topological polar surface area (TPSA) is 70.1 Å². The predicted octanol–water partition coefficient (Wildman–Crippen LogP) is 2.01. The van der Waals surface area contributed by atoms with Crippen molar-refractivity contribution in [2.24, 2.45) is 24.6 Å². The van der Waals surface area contributed by atoms with E-state index in [-0.39, 0.29) is 5.78 Å². The van der Waals surface area contributed by atoms with Gasteiger partial charge in [-0.15, -0.1) is 0 Å². The number of hydrogen-bond acceptors (Lipinski definition) is 4. The fourth-order valence-electron chi connectivity index (χ4n) is 2.34. The van der Waals surface area contributed by atoms with E-state index in [1.807, 2.05) is 0 Å². The molecule has 0 radical (unpaired) electrons. The van der Waals surface area contributed by atoms with Gasteiger partial charge in [-0.3, -0.25) is 9.48 Å². The van der Waals surface area contributed by atoms with Crippen LogP contribution in [-0.4, -0.2) is 29.2 Å². The molecule has 1 unspecified atom stereocenters. The van der Waals surface area contributed by atoms with Gasteiger partial charge in [0.1, 0.15) is 5.69 Å². The molecule has 19 heavy (non-hydrogen) atoms. The lowest BCUT2D eigenvalue weighted by molar-refractivity contribution is 0.0957. The van der Waals surface area contributed by atoms with Crippen molar-refractivity contribution in [2.45, 2.75) is 33.1 Å². The second kappa shape index (κ2) is 7.28. The molecule has 2 N–H and O–H groups in total. The Labute approximate surface area is 115 Å². The number of ketones is 1. The van der Waals surface area contributed by atoms with Crippen molar-refractivity contribution in [1.82, 2.24) is 9.78 Å². The fourth-order valence-corrected chi connectivity index (χ4v) is 2.34. The van der Waals surface area contributed by atoms with Gasteiger partial charge in [-0.05, 0) is 31.2 Å². The third-order valence-corrected chi connectivity index (χ3v) is 3.61. The van der Waals surface area contributed by atoms with E-state index in [9.17, 15) is 4.79 Å². The maximum absolute atomic E-state index is 12.3. The predicted molar refractivity (Wildman–Crippen MR) is 75.3 cm³/mol. The Balaban J connectivity index is 2.66. The van der Waals surface area contributed by atoms with Gasteiger partial charge < -0.3 is 10.5 Å². The lowest BCUT2D eigenvalue weighted by Gasteiger charge is -2.19. The second-order valence-corrected chi connectivity index (χ2v) is 5.23. The van der Waals surface area contributed by atoms with Crippen LogP contribution in [0.5, 0.6) is 5.75 Å². The Morgan fingerprint density at radius 1 is 1.47 bits per heavy atom. The van der Waals surface area contributed by atoms with Gasteiger partial charge in [0.25, 0.3) is 0 Å². The zero-order valence-corrected chi connectivity index (χ0v) is 12.3. The number of aromatic nitrogens is 2. The molecular formula is C14H25N3O2. The summed E-state index contributed by atoms with van der Waals surface area (Å²) in [6.45, 7) is 5.02. The summed E-state index contributed by atoms with van der Waals surface area (Å²) in [6, 6.07) is 0. The summed E-state index contributed by atoms with van der Waals surface area (Å²) in [7, 11) is 3.31. The highest BCUT2D eigenvalue weighted by Crippen LogP contribution is 2.24. The standard InChI is InChI=1S/C14H25N3O2/c1-10(2)11(7-8-15)5-6-12(18)14-13(19-4)9-16-17(14)3/h9-11H,5-8,15H2,1-4H3. The minimum atomic E-state index is 0.0829. The Hall–Kier alpha value is -1.36. The summed E-state index contributed by atoms with van der Waals surface area (Å²) < 4.78 is 6.74. The van der Waals surface area contributed by atoms with Crippen molar-refractivity contribution in [3.63, 3.8) is 0 Å². The highest BCUT2D eigenvalue weighted by Gasteiger charge is 2.20. The number of carbonyl (C=O) groups is 1. The summed E-state index contributed by atoms with van der Waals surface area (Å²) in [6.07, 6.45) is 3.92. The lowest BCUT2D eigenvalue weighted by atomic mass is 9.87. The largest absolute Gasteiger partial charge is 0.493 e. The van der Waals surface area contributed by atoms with Crippen molar-refractivity contribution < 1.29 is 9.53 Å². The molecule has 0 aliphatic rings. The molecule has 0 aliphatic heterocycles. The average Bonchev–Trinajstić information content (AvgIpc) is 2.74. The van der Waals surface area contributed by atoms with Crippen LogP contribution in [0.15, 0.2) is 6.20 Å². The van der Waals surface area contributed by atoms with Crippen LogP contribution in [0.2, 0.25) is 0 Å². The van der Waals surface area contributed by atoms with E-state index in [0.29, 0.717) is 36.2 Å². The molecule has 0 saturated heterocycles. The number of ether oxygens (including phenoxy) is 1. The van der Waals surface area contributed by atoms with Gasteiger partial charge in [-0.2, -0.15) is 5.10 Å². The highest BCUT2D eigenvalue weighted by atomic mass is 16.5. The zero-order valence-electron chi connectivity index (χ0n) is 12.3. The SMILES string of the molecule is COc1cnn(C)c1C(=O)CCC(CCN)C(C)C. The van der Waals surface area contributed by atoms with Gasteiger partial charge in [0.15, 0.2) is 11.5 Å². The molecule has 0 aromatic carbocycles. The second-order valence-electron chi connectivity index (χ2n) is 5.23. The third kappa shape index (κ3) is 4.06. The normalized spacial score (nSPS) is 12.7. The van der Waals surface area contributed by atoms with Gasteiger partial charge in [0, 0.05) is 13.5 Å². The van der Waals surface area contributed by atoms with Crippen LogP contribution in [0.25, 0.3) is 0 Å². The quantitative estimate of drug-likeness (QED) is 0.731. The van der Waals surface area contributed by atoms with Crippen LogP contribution in [-0.2, 0) is 7.05 Å². The fraction of sp³-hybridized carbons (Fsp3) is 0.714. The highest BCUT2D eigenvalue weighted by molar-refractivity contribution is 5.96. The summed E-state index contributed by atoms with van der Waals surface area (Å²) in [4.78, 5) is 12.3. The number of Topliss-reactive ketones (excluding diaryl/α,β-unsaturated/α-hetero) is 1. The number of nitrogens with two attached hydrogens (primary N) is 1. The van der Waals surface area contributed by atoms with Crippen LogP contribution >= 0.6 is 0 Å². The summed E-state index contributed by atoms with van der Waals surface area (Å²) in [5, 5.41) is 4.06. The Morgan fingerprint density at radius 2 is 2.16 bits per heavy atom. The zero-order chi connectivity index (χ0) is 14.4. The molecule has 0 amide bonds. The Kier molecular flexibility index (Phi) is 6.02. The van der Waals surface area contributed by atoms with E-state index in [1.165, 1.54) is 0 Å². The first-order chi connectivity index (χ1) is 9.01. The molecule has 1 rings (SSSR count). The van der Waals surface area contributed by atoms with E-state index in [0.717, 1.165) is 12.8 Å². The van der Waals surface area contributed by atoms with E-state index in [4.69, 9.17) is 10.5 Å². The van der Waals surface area contributed by atoms with Gasteiger partial charge >= 0.3 is 0 Å². The molecule has 0 fully saturated rings. The third-order valence-electron chi connectivity index (χ3n) is 3.61. The van der Waals surface area contributed by atoms with Crippen molar-refractivity contribution in [2.75, 3.05) is 13.7 Å². The minimum Gasteiger partial charge on any atom is -0.493 e. The maximum atomic E-state index is 12.3. The lowest BCUT2D eigenvalue weighted by Crippen LogP contribution is -2.17. The first kappa shape index (κ1) is 15.7. The molecule has 108 valence electrons. The van der Waals surface area contributed by atoms with Crippen molar-refractivity contribution in [1.29, 1.82) is 0 Å². The summed E-state index contributed by atoms with van der Waals surface area (Å²) in [5.41, 5.74) is 6.17. The number of carbonyl (C=O) groups excluding carboxylic acids is 1. The minimum absolute atomic E-state index is 0.0829. The molecule has 0 saturated carbocycles. The van der Waals surface area contributed by atoms with E-state index in [1.54, 1.807) is 25.0 Å². The van der Waals surface area contributed by atoms with Crippen LogP contribution in [0.1, 0.15) is 43.6 Å². The van der Waals surface area contributed by atoms with Crippen molar-refractivity contribution in [3.05, 3.63) is 11.9 Å². The van der Waals surface area contributed by atoms with Gasteiger partial charge in [0.05, 0.1) is 13.3 Å². The van der Waals surface area contributed by atoms with Crippen LogP contribution < -0.4 is 10.5 Å². The molecule has 5 heteroatoms. The Morgan fingerprint density at radius 3 is 2.68 bits per heavy atom. The van der Waals surface area contributed by atoms with E-state index >= 15 is 0 Å². The molecule has 5 nitrogen and oxygen atoms in total. The van der Waals surface area contributed by atoms with Crippen LogP contribution in [0.3, 0.4) is 0 Å². The first-order valence-corrected chi connectivity index (χ1v) is 6.80. The van der Waals surface area contributed by atoms with Gasteiger partial charge in [0.2, 0.25) is 0 Å². The van der Waals surface area contributed by atoms with Crippen LogP contribution in [0.4, 0.5) is 0 Å². The van der Waals surface area contributed by atoms with Gasteiger partial charge in [-0.25, -0.2) is 0 Å². The molecule has 0 bridgehead atoms. The molecule has 1 atom stereocenters. The number of aryl methyl sites for hydroxylation is 1. The summed E-state index contributed by atoms with van der Waals surface area (Å²) in [5.74, 6) is 1.67. The number of nitrogens with zero attached hydrogens (tertiary/aromatic N) is 2. The van der Waals surface area contributed by atoms with Crippen molar-refractivity contribution in [3.8, 4) is 5.75 Å². The average molecular weight is 267 g/mol. The van der Waals surface area contributed by atoms with Crippen LogP contribution in [0, 0.1) is 11.8 Å². The van der Waals surface area contributed by atoms with Gasteiger partial charge in [-0.1, -0.05) is 13.8 Å².